The van der Waals surface area contributed by atoms with Gasteiger partial charge in [0.05, 0.1) is 6.61 Å². The van der Waals surface area contributed by atoms with Crippen molar-refractivity contribution in [2.75, 3.05) is 11.9 Å². The van der Waals surface area contributed by atoms with Gasteiger partial charge in [-0.3, -0.25) is 4.79 Å². The fraction of sp³-hybridized carbons (Fsp3) is 0.875. The van der Waals surface area contributed by atoms with Crippen molar-refractivity contribution in [3.63, 3.8) is 0 Å². The summed E-state index contributed by atoms with van der Waals surface area (Å²) in [6.45, 7) is 4.88. The minimum Gasteiger partial charge on any atom is -0.465 e. The molecule has 0 aromatic carbocycles. The molecular weight excluding hydrogens is 208 g/mol. The van der Waals surface area contributed by atoms with Crippen molar-refractivity contribution in [1.82, 2.24) is 0 Å². The van der Waals surface area contributed by atoms with E-state index in [4.69, 9.17) is 4.74 Å². The first-order valence-electron chi connectivity index (χ1n) is 3.88. The zero-order chi connectivity index (χ0) is 8.69. The molecule has 11 heavy (non-hydrogen) atoms. The van der Waals surface area contributed by atoms with Crippen LogP contribution < -0.4 is 0 Å². The van der Waals surface area contributed by atoms with Crippen LogP contribution in [0.4, 0.5) is 0 Å². The van der Waals surface area contributed by atoms with Gasteiger partial charge < -0.3 is 4.74 Å². The second kappa shape index (κ2) is 6.65. The second-order valence-electron chi connectivity index (χ2n) is 2.89. The summed E-state index contributed by atoms with van der Waals surface area (Å²) in [6.07, 6.45) is 2.09. The third kappa shape index (κ3) is 7.85. The fourth-order valence-electron chi connectivity index (χ4n) is 0.716. The summed E-state index contributed by atoms with van der Waals surface area (Å²) in [4.78, 5) is 10.6. The molecule has 0 radical (unpaired) electrons. The highest BCUT2D eigenvalue weighted by Gasteiger charge is 1.99. The maximum absolute atomic E-state index is 10.6. The molecule has 0 N–H and O–H groups in total. The largest absolute Gasteiger partial charge is 0.465 e. The molecule has 0 saturated carbocycles. The Bertz CT molecular complexity index is 113. The molecule has 3 heteroatoms. The molecule has 0 rings (SSSR count). The van der Waals surface area contributed by atoms with Gasteiger partial charge in [0.25, 0.3) is 0 Å². The van der Waals surface area contributed by atoms with Crippen LogP contribution in [0.3, 0.4) is 0 Å². The van der Waals surface area contributed by atoms with E-state index < -0.39 is 0 Å². The zero-order valence-corrected chi connectivity index (χ0v) is 8.69. The van der Waals surface area contributed by atoms with Crippen LogP contribution in [-0.4, -0.2) is 17.9 Å². The monoisotopic (exact) mass is 222 g/mol. The third-order valence-electron chi connectivity index (χ3n) is 1.30. The van der Waals surface area contributed by atoms with Gasteiger partial charge in [-0.05, 0) is 18.8 Å². The number of ether oxygens (including phenoxy) is 1. The van der Waals surface area contributed by atoms with Crippen molar-refractivity contribution in [3.8, 4) is 0 Å². The molecule has 2 nitrogen and oxygen atoms in total. The summed E-state index contributed by atoms with van der Waals surface area (Å²) in [5.41, 5.74) is 0. The van der Waals surface area contributed by atoms with Crippen LogP contribution in [-0.2, 0) is 9.53 Å². The Morgan fingerprint density at radius 1 is 1.55 bits per heavy atom. The van der Waals surface area contributed by atoms with E-state index in [1.165, 1.54) is 0 Å². The molecule has 0 heterocycles. The summed E-state index contributed by atoms with van der Waals surface area (Å²) in [5.74, 6) is 0.520. The smallest absolute Gasteiger partial charge is 0.316 e. The van der Waals surface area contributed by atoms with Gasteiger partial charge in [-0.1, -0.05) is 29.8 Å². The van der Waals surface area contributed by atoms with E-state index in [2.05, 4.69) is 29.8 Å². The van der Waals surface area contributed by atoms with Crippen molar-refractivity contribution in [2.45, 2.75) is 26.7 Å². The minimum atomic E-state index is -0.172. The summed E-state index contributed by atoms with van der Waals surface area (Å²) in [6, 6.07) is 0. The number of halogens is 1. The second-order valence-corrected chi connectivity index (χ2v) is 3.45. The molecule has 0 saturated heterocycles. The Balaban J connectivity index is 3.08. The van der Waals surface area contributed by atoms with Gasteiger partial charge in [0, 0.05) is 0 Å². The van der Waals surface area contributed by atoms with E-state index in [1.807, 2.05) is 0 Å². The first-order valence-corrected chi connectivity index (χ1v) is 5.00. The van der Waals surface area contributed by atoms with Crippen LogP contribution >= 0.6 is 15.9 Å². The molecule has 0 fully saturated rings. The molecule has 0 spiro atoms. The normalized spacial score (nSPS) is 10.2. The third-order valence-corrected chi connectivity index (χ3v) is 1.76. The van der Waals surface area contributed by atoms with Crippen LogP contribution in [0, 0.1) is 5.92 Å². The zero-order valence-electron chi connectivity index (χ0n) is 7.10. The van der Waals surface area contributed by atoms with E-state index in [-0.39, 0.29) is 5.97 Å². The lowest BCUT2D eigenvalue weighted by Gasteiger charge is -2.04. The highest BCUT2D eigenvalue weighted by Crippen LogP contribution is 2.03. The summed E-state index contributed by atoms with van der Waals surface area (Å²) >= 11 is 3.02. The number of carbonyl (C=O) groups excluding carboxylic acids is 1. The highest BCUT2D eigenvalue weighted by atomic mass is 79.9. The standard InChI is InChI=1S/C8H15BrO2/c1-7(2)4-3-5-11-8(10)6-9/h7H,3-6H2,1-2H3. The number of hydrogen-bond acceptors (Lipinski definition) is 2. The average Bonchev–Trinajstić information content (AvgIpc) is 1.97. The molecule has 0 aromatic rings. The fourth-order valence-corrected chi connectivity index (χ4v) is 0.878. The summed E-state index contributed by atoms with van der Waals surface area (Å²) < 4.78 is 4.86. The molecule has 66 valence electrons. The molecule has 0 unspecified atom stereocenters. The molecule has 0 amide bonds. The van der Waals surface area contributed by atoms with Crippen LogP contribution in [0.2, 0.25) is 0 Å². The Kier molecular flexibility index (Phi) is 6.62. The number of carbonyl (C=O) groups is 1. The van der Waals surface area contributed by atoms with Gasteiger partial charge in [-0.15, -0.1) is 0 Å². The van der Waals surface area contributed by atoms with Crippen LogP contribution in [0.5, 0.6) is 0 Å². The van der Waals surface area contributed by atoms with E-state index in [0.29, 0.717) is 17.9 Å². The van der Waals surface area contributed by atoms with Crippen molar-refractivity contribution in [1.29, 1.82) is 0 Å². The lowest BCUT2D eigenvalue weighted by atomic mass is 10.1. The molecule has 0 aliphatic heterocycles. The quantitative estimate of drug-likeness (QED) is 0.406. The van der Waals surface area contributed by atoms with Crippen molar-refractivity contribution in [3.05, 3.63) is 0 Å². The first-order chi connectivity index (χ1) is 5.16. The predicted molar refractivity (Wildman–Crippen MR) is 48.8 cm³/mol. The van der Waals surface area contributed by atoms with Gasteiger partial charge in [0.1, 0.15) is 5.33 Å². The van der Waals surface area contributed by atoms with E-state index in [1.54, 1.807) is 0 Å². The van der Waals surface area contributed by atoms with Gasteiger partial charge in [-0.25, -0.2) is 0 Å². The average molecular weight is 223 g/mol. The van der Waals surface area contributed by atoms with E-state index in [0.717, 1.165) is 12.8 Å². The molecule has 0 aliphatic rings. The van der Waals surface area contributed by atoms with Crippen molar-refractivity contribution >= 4 is 21.9 Å². The molecule has 0 aliphatic carbocycles. The molecule has 0 bridgehead atoms. The van der Waals surface area contributed by atoms with Crippen molar-refractivity contribution < 1.29 is 9.53 Å². The maximum atomic E-state index is 10.6. The Morgan fingerprint density at radius 2 is 2.18 bits per heavy atom. The number of rotatable bonds is 5. The summed E-state index contributed by atoms with van der Waals surface area (Å²) in [5, 5.41) is 0.300. The predicted octanol–water partition coefficient (Wildman–Crippen LogP) is 2.36. The SMILES string of the molecule is CC(C)CCCOC(=O)CBr. The summed E-state index contributed by atoms with van der Waals surface area (Å²) in [7, 11) is 0. The van der Waals surface area contributed by atoms with Crippen LogP contribution in [0.15, 0.2) is 0 Å². The van der Waals surface area contributed by atoms with Crippen LogP contribution in [0.25, 0.3) is 0 Å². The van der Waals surface area contributed by atoms with Gasteiger partial charge in [0.2, 0.25) is 0 Å². The lowest BCUT2D eigenvalue weighted by molar-refractivity contribution is -0.140. The number of alkyl halides is 1. The topological polar surface area (TPSA) is 26.3 Å². The van der Waals surface area contributed by atoms with E-state index in [9.17, 15) is 4.79 Å². The highest BCUT2D eigenvalue weighted by molar-refractivity contribution is 9.09. The Hall–Kier alpha value is -0.0500. The lowest BCUT2D eigenvalue weighted by Crippen LogP contribution is -2.07. The Labute approximate surface area is 76.4 Å². The van der Waals surface area contributed by atoms with Gasteiger partial charge in [-0.2, -0.15) is 0 Å². The number of esters is 1. The van der Waals surface area contributed by atoms with E-state index >= 15 is 0 Å². The molecular formula is C8H15BrO2. The Morgan fingerprint density at radius 3 is 2.64 bits per heavy atom. The molecule has 0 aromatic heterocycles. The van der Waals surface area contributed by atoms with Crippen molar-refractivity contribution in [2.24, 2.45) is 5.92 Å². The van der Waals surface area contributed by atoms with Gasteiger partial charge >= 0.3 is 5.97 Å². The maximum Gasteiger partial charge on any atom is 0.316 e. The van der Waals surface area contributed by atoms with Crippen LogP contribution in [0.1, 0.15) is 26.7 Å². The number of hydrogen-bond donors (Lipinski definition) is 0. The van der Waals surface area contributed by atoms with Gasteiger partial charge in [0.15, 0.2) is 0 Å². The first kappa shape index (κ1) is 11.0. The minimum absolute atomic E-state index is 0.172. The molecule has 0 atom stereocenters.